The molecule has 0 saturated heterocycles. The molecule has 0 aromatic rings. The molecule has 0 heterocycles. The van der Waals surface area contributed by atoms with Crippen molar-refractivity contribution >= 4 is 5.97 Å². The van der Waals surface area contributed by atoms with E-state index in [1.165, 1.54) is 0 Å². The third kappa shape index (κ3) is 3.06. The molecule has 1 atom stereocenters. The van der Waals surface area contributed by atoms with Crippen molar-refractivity contribution in [2.24, 2.45) is 0 Å². The van der Waals surface area contributed by atoms with Gasteiger partial charge in [-0.05, 0) is 6.08 Å². The van der Waals surface area contributed by atoms with Crippen molar-refractivity contribution in [3.8, 4) is 0 Å². The van der Waals surface area contributed by atoms with Crippen molar-refractivity contribution in [2.75, 3.05) is 6.61 Å². The Balaban J connectivity index is 4.02. The van der Waals surface area contributed by atoms with Crippen LogP contribution in [-0.4, -0.2) is 39.1 Å². The summed E-state index contributed by atoms with van der Waals surface area (Å²) in [4.78, 5) is 9.84. The zero-order chi connectivity index (χ0) is 8.15. The highest BCUT2D eigenvalue weighted by molar-refractivity contribution is 5.83. The Hall–Kier alpha value is -1.07. The van der Waals surface area contributed by atoms with Crippen molar-refractivity contribution in [1.82, 2.24) is 0 Å². The monoisotopic (exact) mass is 148 g/mol. The van der Waals surface area contributed by atoms with Crippen LogP contribution in [-0.2, 0) is 4.79 Å². The molecule has 0 aliphatic carbocycles. The third-order valence-corrected chi connectivity index (χ3v) is 0.756. The van der Waals surface area contributed by atoms with Crippen molar-refractivity contribution in [1.29, 1.82) is 0 Å². The summed E-state index contributed by atoms with van der Waals surface area (Å²) in [5, 5.41) is 33.1. The van der Waals surface area contributed by atoms with Gasteiger partial charge < -0.3 is 20.4 Å². The summed E-state index contributed by atoms with van der Waals surface area (Å²) in [6.45, 7) is -0.614. The van der Waals surface area contributed by atoms with Crippen LogP contribution in [0.5, 0.6) is 0 Å². The molecule has 0 radical (unpaired) electrons. The molecule has 0 spiro atoms. The maximum atomic E-state index is 9.84. The topological polar surface area (TPSA) is 98.0 Å². The molecule has 0 amide bonds. The molecule has 0 aliphatic rings. The number of aliphatic hydroxyl groups is 3. The summed E-state index contributed by atoms with van der Waals surface area (Å²) >= 11 is 0. The molecule has 0 aliphatic heterocycles. The van der Waals surface area contributed by atoms with Gasteiger partial charge in [0.05, 0.1) is 12.7 Å². The number of aliphatic hydroxyl groups excluding tert-OH is 3. The van der Waals surface area contributed by atoms with Crippen LogP contribution in [0.15, 0.2) is 11.8 Å². The summed E-state index contributed by atoms with van der Waals surface area (Å²) in [7, 11) is 0. The van der Waals surface area contributed by atoms with Crippen LogP contribution in [0.1, 0.15) is 0 Å². The second kappa shape index (κ2) is 3.86. The lowest BCUT2D eigenvalue weighted by Crippen LogP contribution is -2.11. The molecule has 58 valence electrons. The van der Waals surface area contributed by atoms with Gasteiger partial charge in [0.2, 0.25) is 0 Å². The van der Waals surface area contributed by atoms with E-state index in [1.807, 2.05) is 0 Å². The van der Waals surface area contributed by atoms with E-state index in [9.17, 15) is 4.79 Å². The maximum Gasteiger partial charge on any atom is 0.370 e. The van der Waals surface area contributed by atoms with E-state index in [-0.39, 0.29) is 0 Å². The number of carbonyl (C=O) groups is 1. The Morgan fingerprint density at radius 1 is 1.50 bits per heavy atom. The molecule has 0 aromatic heterocycles. The maximum absolute atomic E-state index is 9.84. The fraction of sp³-hybridized carbons (Fsp3) is 0.400. The van der Waals surface area contributed by atoms with Crippen LogP contribution in [0.2, 0.25) is 0 Å². The Morgan fingerprint density at radius 3 is 2.30 bits per heavy atom. The van der Waals surface area contributed by atoms with Crippen LogP contribution in [0, 0.1) is 0 Å². The largest absolute Gasteiger partial charge is 0.502 e. The lowest BCUT2D eigenvalue weighted by Gasteiger charge is -1.98. The molecule has 0 rings (SSSR count). The minimum atomic E-state index is -1.53. The quantitative estimate of drug-likeness (QED) is 0.300. The second-order valence-corrected chi connectivity index (χ2v) is 1.61. The van der Waals surface area contributed by atoms with Crippen LogP contribution >= 0.6 is 0 Å². The lowest BCUT2D eigenvalue weighted by molar-refractivity contribution is -0.135. The first-order valence-corrected chi connectivity index (χ1v) is 2.51. The average Bonchev–Trinajstić information content (AvgIpc) is 1.87. The number of hydrogen-bond acceptors (Lipinski definition) is 4. The van der Waals surface area contributed by atoms with E-state index in [4.69, 9.17) is 20.4 Å². The van der Waals surface area contributed by atoms with Gasteiger partial charge in [0.15, 0.2) is 5.76 Å². The van der Waals surface area contributed by atoms with Gasteiger partial charge in [0.1, 0.15) is 0 Å². The molecular formula is C5H8O5. The normalized spacial score (nSPS) is 14.8. The average molecular weight is 148 g/mol. The predicted octanol–water partition coefficient (Wildman–Crippen LogP) is -1.13. The minimum absolute atomic E-state index is 0.614. The first kappa shape index (κ1) is 8.93. The summed E-state index contributed by atoms with van der Waals surface area (Å²) in [5.41, 5.74) is 0. The van der Waals surface area contributed by atoms with Crippen LogP contribution in [0.4, 0.5) is 0 Å². The molecule has 0 saturated carbocycles. The van der Waals surface area contributed by atoms with Gasteiger partial charge in [-0.25, -0.2) is 4.79 Å². The Labute approximate surface area is 56.8 Å². The predicted molar refractivity (Wildman–Crippen MR) is 31.4 cm³/mol. The van der Waals surface area contributed by atoms with Crippen molar-refractivity contribution in [3.63, 3.8) is 0 Å². The molecular weight excluding hydrogens is 140 g/mol. The molecule has 0 bridgehead atoms. The van der Waals surface area contributed by atoms with Gasteiger partial charge in [-0.1, -0.05) is 0 Å². The van der Waals surface area contributed by atoms with Gasteiger partial charge in [-0.3, -0.25) is 0 Å². The number of aliphatic carboxylic acids is 1. The van der Waals surface area contributed by atoms with Crippen LogP contribution in [0.25, 0.3) is 0 Å². The zero-order valence-electron chi connectivity index (χ0n) is 5.06. The zero-order valence-corrected chi connectivity index (χ0v) is 5.06. The van der Waals surface area contributed by atoms with Gasteiger partial charge in [0, 0.05) is 0 Å². The summed E-state index contributed by atoms with van der Waals surface area (Å²) in [6, 6.07) is 0. The fourth-order valence-corrected chi connectivity index (χ4v) is 0.306. The molecule has 0 fully saturated rings. The number of carboxylic acids is 1. The first-order valence-electron chi connectivity index (χ1n) is 2.51. The summed E-state index contributed by atoms with van der Waals surface area (Å²) in [5.74, 6) is -2.51. The van der Waals surface area contributed by atoms with Crippen LogP contribution < -0.4 is 0 Å². The molecule has 0 unspecified atom stereocenters. The highest BCUT2D eigenvalue weighted by Crippen LogP contribution is 1.91. The molecule has 0 aromatic carbocycles. The van der Waals surface area contributed by atoms with Crippen molar-refractivity contribution < 1.29 is 25.2 Å². The number of carboxylic acid groups (broad SMARTS) is 1. The molecule has 5 nitrogen and oxygen atoms in total. The van der Waals surface area contributed by atoms with E-state index in [0.717, 1.165) is 0 Å². The van der Waals surface area contributed by atoms with E-state index in [0.29, 0.717) is 6.08 Å². The van der Waals surface area contributed by atoms with E-state index in [2.05, 4.69) is 0 Å². The Kier molecular flexibility index (Phi) is 3.45. The summed E-state index contributed by atoms with van der Waals surface area (Å²) in [6.07, 6.45) is -0.682. The van der Waals surface area contributed by atoms with E-state index < -0.39 is 24.4 Å². The number of rotatable bonds is 3. The van der Waals surface area contributed by atoms with Gasteiger partial charge in [0.25, 0.3) is 0 Å². The van der Waals surface area contributed by atoms with Gasteiger partial charge in [-0.15, -0.1) is 0 Å². The first-order chi connectivity index (χ1) is 4.57. The van der Waals surface area contributed by atoms with Crippen molar-refractivity contribution in [2.45, 2.75) is 6.10 Å². The van der Waals surface area contributed by atoms with E-state index in [1.54, 1.807) is 0 Å². The second-order valence-electron chi connectivity index (χ2n) is 1.61. The summed E-state index contributed by atoms with van der Waals surface area (Å²) < 4.78 is 0. The standard InChI is InChI=1S/C5H8O5/c6-2-3(7)1-4(8)5(9)10/h1,3,6-8H,2H2,(H,9,10)/b4-1-/t3-/m0/s1. The fourth-order valence-electron chi connectivity index (χ4n) is 0.306. The van der Waals surface area contributed by atoms with Gasteiger partial charge >= 0.3 is 5.97 Å². The molecule has 5 heteroatoms. The van der Waals surface area contributed by atoms with E-state index >= 15 is 0 Å². The van der Waals surface area contributed by atoms with Gasteiger partial charge in [-0.2, -0.15) is 0 Å². The molecule has 10 heavy (non-hydrogen) atoms. The third-order valence-electron chi connectivity index (χ3n) is 0.756. The highest BCUT2D eigenvalue weighted by atomic mass is 16.4. The van der Waals surface area contributed by atoms with Crippen LogP contribution in [0.3, 0.4) is 0 Å². The Bertz CT molecular complexity index is 150. The van der Waals surface area contributed by atoms with Crippen molar-refractivity contribution in [3.05, 3.63) is 11.8 Å². The smallest absolute Gasteiger partial charge is 0.370 e. The SMILES string of the molecule is O=C(O)/C(O)=C/[C@H](O)CO. The Morgan fingerprint density at radius 2 is 2.00 bits per heavy atom. The number of hydrogen-bond donors (Lipinski definition) is 4. The lowest BCUT2D eigenvalue weighted by atomic mass is 10.3. The minimum Gasteiger partial charge on any atom is -0.502 e. The molecule has 4 N–H and O–H groups in total. The highest BCUT2D eigenvalue weighted by Gasteiger charge is 2.06.